The van der Waals surface area contributed by atoms with E-state index in [0.717, 1.165) is 50.9 Å². The first-order valence-corrected chi connectivity index (χ1v) is 28.3. The van der Waals surface area contributed by atoms with Crippen LogP contribution >= 0.6 is 39.5 Å². The highest BCUT2D eigenvalue weighted by Gasteiger charge is 2.17. The number of esters is 2. The quantitative estimate of drug-likeness (QED) is 0.0325. The van der Waals surface area contributed by atoms with E-state index in [0.29, 0.717) is 48.3 Å². The van der Waals surface area contributed by atoms with Crippen molar-refractivity contribution in [1.82, 2.24) is 10.3 Å². The first-order chi connectivity index (χ1) is 37.1. The first kappa shape index (κ1) is 56.8. The number of nitrogens with one attached hydrogen (secondary N) is 2. The van der Waals surface area contributed by atoms with Crippen molar-refractivity contribution in [2.75, 3.05) is 24.9 Å². The molecule has 0 unspecified atom stereocenters. The maximum absolute atomic E-state index is 11.6. The monoisotopic (exact) mass is 1120 g/mol. The number of ketones is 1. The Hall–Kier alpha value is -6.87. The summed E-state index contributed by atoms with van der Waals surface area (Å²) in [5.74, 6) is 2.53. The van der Waals surface area contributed by atoms with Gasteiger partial charge in [-0.05, 0) is 156 Å². The van der Waals surface area contributed by atoms with Gasteiger partial charge in [-0.25, -0.2) is 14.6 Å². The summed E-state index contributed by atoms with van der Waals surface area (Å²) in [7, 11) is 2.74. The molecular weight excluding hydrogens is 1060 g/mol. The van der Waals surface area contributed by atoms with Gasteiger partial charge in [0.15, 0.2) is 16.0 Å². The van der Waals surface area contributed by atoms with Crippen LogP contribution in [-0.2, 0) is 35.8 Å². The van der Waals surface area contributed by atoms with Gasteiger partial charge in [0.1, 0.15) is 24.7 Å². The number of carbonyl (C=O) groups is 3. The molecule has 396 valence electrons. The minimum atomic E-state index is -0.344. The number of hydrogen-bond donors (Lipinski definition) is 3. The molecule has 0 saturated heterocycles. The average Bonchev–Trinajstić information content (AvgIpc) is 3.97. The second kappa shape index (κ2) is 30.0. The van der Waals surface area contributed by atoms with Gasteiger partial charge < -0.3 is 35.3 Å². The van der Waals surface area contributed by atoms with Gasteiger partial charge in [0.2, 0.25) is 0 Å². The number of thiazole rings is 1. The van der Waals surface area contributed by atoms with Gasteiger partial charge in [0, 0.05) is 29.6 Å². The third-order valence-corrected chi connectivity index (χ3v) is 15.0. The molecule has 2 aliphatic rings. The molecule has 0 amide bonds. The number of Topliss-reactive ketones (excluding diaryl/α,β-unsaturated/α-hetero) is 1. The Labute approximate surface area is 465 Å². The molecule has 76 heavy (non-hydrogen) atoms. The standard InChI is InChI=1S/C31H32N2O3S.C21H23BrO2.C10H12N2O2S/c1-35-30(34)27-13-7-22(8-14-27)19-32-31-33-29(21-37-31)26-15-17-28(18-16-26)36-20-23-9-11-25(12-10-23)24-5-3-2-4-6-24;22-14-21(23)19-10-12-20(13-11-19)24-15-16-6-8-18(9-7-16)17-4-2-1-3-5-17;1-14-9(13)8-4-2-7(3-5-8)6-12-10(11)15/h7-18,21,24H,2-6,19-20H2,1H3,(H,32,33);6-13,17H,1-5,14-15H2;2-5H,6H2,1H3,(H3,11,12,15). The van der Waals surface area contributed by atoms with Gasteiger partial charge in [-0.1, -0.05) is 127 Å². The zero-order valence-corrected chi connectivity index (χ0v) is 46.5. The van der Waals surface area contributed by atoms with Crippen molar-refractivity contribution in [3.8, 4) is 22.8 Å². The Kier molecular flexibility index (Phi) is 22.5. The molecule has 0 spiro atoms. The van der Waals surface area contributed by atoms with Crippen molar-refractivity contribution in [1.29, 1.82) is 0 Å². The van der Waals surface area contributed by atoms with Crippen molar-refractivity contribution in [2.45, 2.75) is 102 Å². The number of nitrogens with two attached hydrogens (primary N) is 1. The van der Waals surface area contributed by atoms with Crippen LogP contribution in [0.15, 0.2) is 151 Å². The van der Waals surface area contributed by atoms with Crippen LogP contribution in [-0.4, -0.2) is 47.4 Å². The maximum atomic E-state index is 11.6. The number of halogens is 1. The molecular formula is C62H67BrN4O7S2. The van der Waals surface area contributed by atoms with Crippen LogP contribution in [0.5, 0.6) is 11.5 Å². The molecule has 0 aliphatic heterocycles. The molecule has 14 heteroatoms. The fraction of sp³-hybridized carbons (Fsp3) is 0.306. The summed E-state index contributed by atoms with van der Waals surface area (Å²) in [4.78, 5) is 39.0. The first-order valence-electron chi connectivity index (χ1n) is 25.9. The van der Waals surface area contributed by atoms with Crippen LogP contribution < -0.4 is 25.8 Å². The molecule has 11 nitrogen and oxygen atoms in total. The van der Waals surface area contributed by atoms with Crippen molar-refractivity contribution in [2.24, 2.45) is 5.73 Å². The van der Waals surface area contributed by atoms with Crippen LogP contribution in [0.4, 0.5) is 5.13 Å². The lowest BCUT2D eigenvalue weighted by Crippen LogP contribution is -2.28. The molecule has 2 aliphatic carbocycles. The average molecular weight is 1120 g/mol. The minimum Gasteiger partial charge on any atom is -0.489 e. The number of thiocarbonyl (C=S) groups is 1. The number of methoxy groups -OCH3 is 2. The summed E-state index contributed by atoms with van der Waals surface area (Å²) in [5.41, 5.74) is 16.4. The normalized spacial score (nSPS) is 13.4. The van der Waals surface area contributed by atoms with E-state index >= 15 is 0 Å². The minimum absolute atomic E-state index is 0.0832. The SMILES string of the molecule is COC(=O)c1ccc(CNC(N)=S)cc1.COC(=O)c1ccc(CNc2nc(-c3ccc(OCc4ccc(C5CCCCC5)cc4)cc3)cs2)cc1.O=C(CBr)c1ccc(OCc2ccc(C3CCCCC3)cc2)cc1. The molecule has 7 aromatic rings. The lowest BCUT2D eigenvalue weighted by atomic mass is 9.84. The Morgan fingerprint density at radius 2 is 1.00 bits per heavy atom. The van der Waals surface area contributed by atoms with Crippen LogP contribution in [0.3, 0.4) is 0 Å². The topological polar surface area (TPSA) is 151 Å². The molecule has 4 N–H and O–H groups in total. The largest absolute Gasteiger partial charge is 0.489 e. The van der Waals surface area contributed by atoms with Crippen LogP contribution in [0.2, 0.25) is 0 Å². The summed E-state index contributed by atoms with van der Waals surface area (Å²) in [6.07, 6.45) is 13.5. The zero-order chi connectivity index (χ0) is 53.5. The molecule has 0 bridgehead atoms. The van der Waals surface area contributed by atoms with Gasteiger partial charge >= 0.3 is 11.9 Å². The fourth-order valence-corrected chi connectivity index (χ4v) is 10.2. The summed E-state index contributed by atoms with van der Waals surface area (Å²) in [6.45, 7) is 2.30. The second-order valence-electron chi connectivity index (χ2n) is 18.8. The van der Waals surface area contributed by atoms with E-state index < -0.39 is 0 Å². The van der Waals surface area contributed by atoms with Crippen LogP contribution in [0, 0.1) is 0 Å². The number of aromatic nitrogens is 1. The van der Waals surface area contributed by atoms with Crippen molar-refractivity contribution >= 4 is 67.5 Å². The molecule has 0 radical (unpaired) electrons. The van der Waals surface area contributed by atoms with Gasteiger partial charge in [0.05, 0.1) is 36.4 Å². The number of hydrogen-bond acceptors (Lipinski definition) is 11. The summed E-state index contributed by atoms with van der Waals surface area (Å²) in [6, 6.07) is 47.7. The predicted octanol–water partition coefficient (Wildman–Crippen LogP) is 14.5. The molecule has 9 rings (SSSR count). The van der Waals surface area contributed by atoms with E-state index in [1.807, 2.05) is 78.2 Å². The second-order valence-corrected chi connectivity index (χ2v) is 20.7. The Balaban J connectivity index is 0.000000184. The number of carbonyl (C=O) groups excluding carboxylic acids is 3. The van der Waals surface area contributed by atoms with E-state index in [1.165, 1.54) is 101 Å². The molecule has 0 atom stereocenters. The van der Waals surface area contributed by atoms with E-state index in [-0.39, 0.29) is 22.8 Å². The van der Waals surface area contributed by atoms with Gasteiger partial charge in [0.25, 0.3) is 0 Å². The maximum Gasteiger partial charge on any atom is 0.337 e. The third kappa shape index (κ3) is 17.9. The smallest absolute Gasteiger partial charge is 0.337 e. The van der Waals surface area contributed by atoms with E-state index in [2.05, 4.69) is 92.0 Å². The lowest BCUT2D eigenvalue weighted by Gasteiger charge is -2.22. The van der Waals surface area contributed by atoms with Gasteiger partial charge in [-0.15, -0.1) is 11.3 Å². The molecule has 2 saturated carbocycles. The summed E-state index contributed by atoms with van der Waals surface area (Å²) < 4.78 is 21.2. The summed E-state index contributed by atoms with van der Waals surface area (Å²) >= 11 is 9.43. The Morgan fingerprint density at radius 1 is 0.579 bits per heavy atom. The Morgan fingerprint density at radius 3 is 1.43 bits per heavy atom. The number of alkyl halides is 1. The zero-order valence-electron chi connectivity index (χ0n) is 43.3. The highest BCUT2D eigenvalue weighted by molar-refractivity contribution is 9.09. The molecule has 6 aromatic carbocycles. The highest BCUT2D eigenvalue weighted by atomic mass is 79.9. The molecule has 1 aromatic heterocycles. The third-order valence-electron chi connectivity index (χ3n) is 13.5. The molecule has 2 fully saturated rings. The van der Waals surface area contributed by atoms with Crippen molar-refractivity contribution in [3.63, 3.8) is 0 Å². The number of anilines is 1. The van der Waals surface area contributed by atoms with E-state index in [1.54, 1.807) is 35.6 Å². The molecule has 1 heterocycles. The van der Waals surface area contributed by atoms with Crippen LogP contribution in [0.1, 0.15) is 140 Å². The van der Waals surface area contributed by atoms with Crippen molar-refractivity contribution < 1.29 is 33.3 Å². The van der Waals surface area contributed by atoms with E-state index in [9.17, 15) is 14.4 Å². The lowest BCUT2D eigenvalue weighted by molar-refractivity contribution is 0.0592. The van der Waals surface area contributed by atoms with E-state index in [4.69, 9.17) is 24.9 Å². The number of nitrogens with zero attached hydrogens (tertiary/aromatic N) is 1. The number of benzene rings is 6. The van der Waals surface area contributed by atoms with Gasteiger partial charge in [-0.3, -0.25) is 4.79 Å². The van der Waals surface area contributed by atoms with Gasteiger partial charge in [-0.2, -0.15) is 0 Å². The highest BCUT2D eigenvalue weighted by Crippen LogP contribution is 2.34. The van der Waals surface area contributed by atoms with Crippen molar-refractivity contribution in [3.05, 3.63) is 201 Å². The van der Waals surface area contributed by atoms with Crippen LogP contribution in [0.25, 0.3) is 11.3 Å². The number of rotatable bonds is 18. The Bertz CT molecular complexity index is 2900. The summed E-state index contributed by atoms with van der Waals surface area (Å²) in [5, 5.41) is 9.68. The predicted molar refractivity (Wildman–Crippen MR) is 312 cm³/mol. The fourth-order valence-electron chi connectivity index (χ4n) is 9.12. The number of ether oxygens (including phenoxy) is 4.